The van der Waals surface area contributed by atoms with Crippen LogP contribution >= 0.6 is 0 Å². The van der Waals surface area contributed by atoms with Crippen LogP contribution in [-0.2, 0) is 4.79 Å². The summed E-state index contributed by atoms with van der Waals surface area (Å²) in [5.41, 5.74) is 7.21. The molecule has 2 aromatic heterocycles. The fourth-order valence-electron chi connectivity index (χ4n) is 1.92. The summed E-state index contributed by atoms with van der Waals surface area (Å²) < 4.78 is 0. The van der Waals surface area contributed by atoms with E-state index >= 15 is 0 Å². The number of hydrogen-bond donors (Lipinski definition) is 2. The van der Waals surface area contributed by atoms with Gasteiger partial charge in [0, 0.05) is 11.6 Å². The van der Waals surface area contributed by atoms with Crippen LogP contribution in [0.3, 0.4) is 0 Å². The van der Waals surface area contributed by atoms with Crippen LogP contribution in [-0.4, -0.2) is 31.5 Å². The second-order valence-corrected chi connectivity index (χ2v) is 4.08. The lowest BCUT2D eigenvalue weighted by Gasteiger charge is -2.03. The molecule has 0 spiro atoms. The van der Waals surface area contributed by atoms with E-state index in [0.717, 1.165) is 16.5 Å². The standard InChI is InChI=1S/C13H10N6O/c14-12(20)10(13-16-18-19-17-13)7-8-5-6-15-11-4-2-1-3-9(8)11/h1-7H,(H2,14,20)(H,16,17,18,19). The Kier molecular flexibility index (Phi) is 2.92. The molecule has 0 radical (unpaired) electrons. The number of primary amides is 1. The minimum Gasteiger partial charge on any atom is -0.365 e. The normalized spacial score (nSPS) is 11.7. The number of aromatic nitrogens is 5. The molecule has 2 heterocycles. The third kappa shape index (κ3) is 2.12. The third-order valence-electron chi connectivity index (χ3n) is 2.83. The number of amides is 1. The third-order valence-corrected chi connectivity index (χ3v) is 2.83. The van der Waals surface area contributed by atoms with Crippen molar-refractivity contribution in [3.05, 3.63) is 47.9 Å². The maximum Gasteiger partial charge on any atom is 0.252 e. The Hall–Kier alpha value is -3.09. The summed E-state index contributed by atoms with van der Waals surface area (Å²) in [5, 5.41) is 14.2. The number of carbonyl (C=O) groups excluding carboxylic acids is 1. The molecule has 1 amide bonds. The highest BCUT2D eigenvalue weighted by Gasteiger charge is 2.13. The van der Waals surface area contributed by atoms with Crippen LogP contribution in [0, 0.1) is 0 Å². The monoisotopic (exact) mass is 266 g/mol. The second kappa shape index (κ2) is 4.88. The Labute approximate surface area is 113 Å². The summed E-state index contributed by atoms with van der Waals surface area (Å²) in [6.45, 7) is 0. The molecule has 0 fully saturated rings. The highest BCUT2D eigenvalue weighted by Crippen LogP contribution is 2.21. The number of H-pyrrole nitrogens is 1. The SMILES string of the molecule is NC(=O)C(=Cc1ccnc2ccccc12)c1nn[nH]n1. The number of carbonyl (C=O) groups is 1. The van der Waals surface area contributed by atoms with Gasteiger partial charge < -0.3 is 5.73 Å². The fourth-order valence-corrected chi connectivity index (χ4v) is 1.92. The summed E-state index contributed by atoms with van der Waals surface area (Å²) in [6.07, 6.45) is 3.31. The molecule has 3 aromatic rings. The molecule has 0 atom stereocenters. The van der Waals surface area contributed by atoms with Gasteiger partial charge in [-0.15, -0.1) is 10.2 Å². The van der Waals surface area contributed by atoms with E-state index in [1.54, 1.807) is 18.3 Å². The van der Waals surface area contributed by atoms with Crippen molar-refractivity contribution < 1.29 is 4.79 Å². The number of tetrazole rings is 1. The van der Waals surface area contributed by atoms with Crippen LogP contribution in [0.15, 0.2) is 36.5 Å². The summed E-state index contributed by atoms with van der Waals surface area (Å²) in [5.74, 6) is -0.453. The number of nitrogens with one attached hydrogen (secondary N) is 1. The van der Waals surface area contributed by atoms with E-state index in [1.807, 2.05) is 24.3 Å². The molecule has 98 valence electrons. The van der Waals surface area contributed by atoms with E-state index in [-0.39, 0.29) is 11.4 Å². The Morgan fingerprint density at radius 3 is 2.85 bits per heavy atom. The molecule has 0 bridgehead atoms. The van der Waals surface area contributed by atoms with Gasteiger partial charge >= 0.3 is 0 Å². The van der Waals surface area contributed by atoms with Crippen LogP contribution in [0.1, 0.15) is 11.4 Å². The van der Waals surface area contributed by atoms with Crippen molar-refractivity contribution in [2.75, 3.05) is 0 Å². The molecule has 7 heteroatoms. The molecule has 0 unspecified atom stereocenters. The molecule has 20 heavy (non-hydrogen) atoms. The Bertz CT molecular complexity index is 788. The van der Waals surface area contributed by atoms with Gasteiger partial charge in [0.25, 0.3) is 5.91 Å². The zero-order chi connectivity index (χ0) is 13.9. The van der Waals surface area contributed by atoms with Gasteiger partial charge in [0.05, 0.1) is 11.1 Å². The van der Waals surface area contributed by atoms with Crippen molar-refractivity contribution >= 4 is 28.5 Å². The van der Waals surface area contributed by atoms with Crippen LogP contribution in [0.4, 0.5) is 0 Å². The van der Waals surface area contributed by atoms with Crippen LogP contribution in [0.2, 0.25) is 0 Å². The molecule has 0 saturated carbocycles. The number of rotatable bonds is 3. The van der Waals surface area contributed by atoms with Gasteiger partial charge in [0.1, 0.15) is 0 Å². The van der Waals surface area contributed by atoms with Crippen LogP contribution in [0.5, 0.6) is 0 Å². The van der Waals surface area contributed by atoms with Crippen molar-refractivity contribution in [3.63, 3.8) is 0 Å². The van der Waals surface area contributed by atoms with Gasteiger partial charge in [-0.3, -0.25) is 9.78 Å². The number of fused-ring (bicyclic) bond motifs is 1. The smallest absolute Gasteiger partial charge is 0.252 e. The first-order valence-electron chi connectivity index (χ1n) is 5.85. The average Bonchev–Trinajstić information content (AvgIpc) is 2.98. The van der Waals surface area contributed by atoms with Gasteiger partial charge in [-0.25, -0.2) is 0 Å². The zero-order valence-corrected chi connectivity index (χ0v) is 10.3. The highest BCUT2D eigenvalue weighted by molar-refractivity contribution is 6.23. The average molecular weight is 266 g/mol. The van der Waals surface area contributed by atoms with Crippen molar-refractivity contribution in [1.82, 2.24) is 25.6 Å². The molecular formula is C13H10N6O. The van der Waals surface area contributed by atoms with Gasteiger partial charge in [-0.2, -0.15) is 5.21 Å². The largest absolute Gasteiger partial charge is 0.365 e. The number of nitrogens with zero attached hydrogens (tertiary/aromatic N) is 4. The van der Waals surface area contributed by atoms with E-state index < -0.39 is 5.91 Å². The molecule has 0 aliphatic heterocycles. The van der Waals surface area contributed by atoms with E-state index in [9.17, 15) is 4.79 Å². The van der Waals surface area contributed by atoms with E-state index in [0.29, 0.717) is 0 Å². The molecule has 1 aromatic carbocycles. The van der Waals surface area contributed by atoms with Crippen molar-refractivity contribution in [2.24, 2.45) is 5.73 Å². The number of nitrogens with two attached hydrogens (primary N) is 1. The topological polar surface area (TPSA) is 110 Å². The summed E-state index contributed by atoms with van der Waals surface area (Å²) in [7, 11) is 0. The maximum atomic E-state index is 11.6. The van der Waals surface area contributed by atoms with Crippen molar-refractivity contribution in [1.29, 1.82) is 0 Å². The van der Waals surface area contributed by atoms with E-state index in [2.05, 4.69) is 25.6 Å². The number of benzene rings is 1. The van der Waals surface area contributed by atoms with Gasteiger partial charge in [0.2, 0.25) is 5.82 Å². The predicted octanol–water partition coefficient (Wildman–Crippen LogP) is 0.774. The number of pyridine rings is 1. The number of para-hydroxylation sites is 1. The second-order valence-electron chi connectivity index (χ2n) is 4.08. The lowest BCUT2D eigenvalue weighted by Crippen LogP contribution is -2.14. The zero-order valence-electron chi connectivity index (χ0n) is 10.3. The molecule has 3 N–H and O–H groups in total. The summed E-state index contributed by atoms with van der Waals surface area (Å²) in [4.78, 5) is 15.8. The van der Waals surface area contributed by atoms with Gasteiger partial charge in [-0.1, -0.05) is 18.2 Å². The lowest BCUT2D eigenvalue weighted by molar-refractivity contribution is -0.112. The van der Waals surface area contributed by atoms with E-state index in [4.69, 9.17) is 5.73 Å². The highest BCUT2D eigenvalue weighted by atomic mass is 16.1. The molecule has 3 rings (SSSR count). The number of aromatic amines is 1. The van der Waals surface area contributed by atoms with Crippen LogP contribution < -0.4 is 5.73 Å². The quantitative estimate of drug-likeness (QED) is 0.680. The Morgan fingerprint density at radius 1 is 1.25 bits per heavy atom. The maximum absolute atomic E-state index is 11.6. The van der Waals surface area contributed by atoms with Crippen molar-refractivity contribution in [3.8, 4) is 0 Å². The molecule has 7 nitrogen and oxygen atoms in total. The van der Waals surface area contributed by atoms with Crippen molar-refractivity contribution in [2.45, 2.75) is 0 Å². The minimum absolute atomic E-state index is 0.165. The molecule has 0 aliphatic rings. The molecular weight excluding hydrogens is 256 g/mol. The fraction of sp³-hybridized carbons (Fsp3) is 0. The molecule has 0 aliphatic carbocycles. The summed E-state index contributed by atoms with van der Waals surface area (Å²) in [6, 6.07) is 9.41. The predicted molar refractivity (Wildman–Crippen MR) is 73.0 cm³/mol. The van der Waals surface area contributed by atoms with E-state index in [1.165, 1.54) is 0 Å². The summed E-state index contributed by atoms with van der Waals surface area (Å²) >= 11 is 0. The first-order chi connectivity index (χ1) is 9.75. The van der Waals surface area contributed by atoms with Crippen LogP contribution in [0.25, 0.3) is 22.6 Å². The van der Waals surface area contributed by atoms with Gasteiger partial charge in [0.15, 0.2) is 0 Å². The first-order valence-corrected chi connectivity index (χ1v) is 5.85. The van der Waals surface area contributed by atoms with Gasteiger partial charge in [-0.05, 0) is 29.0 Å². The molecule has 0 saturated heterocycles. The lowest BCUT2D eigenvalue weighted by atomic mass is 10.1. The number of hydrogen-bond acceptors (Lipinski definition) is 5. The Morgan fingerprint density at radius 2 is 2.10 bits per heavy atom. The first kappa shape index (κ1) is 12.0. The Balaban J connectivity index is 2.19. The minimum atomic E-state index is -0.618.